The Morgan fingerprint density at radius 3 is 2.64 bits per heavy atom. The van der Waals surface area contributed by atoms with Crippen molar-refractivity contribution in [2.24, 2.45) is 0 Å². The van der Waals surface area contributed by atoms with Crippen LogP contribution >= 0.6 is 0 Å². The summed E-state index contributed by atoms with van der Waals surface area (Å²) in [6.07, 6.45) is 1.62. The number of fused-ring (bicyclic) bond motifs is 1. The van der Waals surface area contributed by atoms with Gasteiger partial charge in [-0.1, -0.05) is 29.5 Å². The Balaban J connectivity index is 1.27. The lowest BCUT2D eigenvalue weighted by Crippen LogP contribution is -2.09. The third-order valence-electron chi connectivity index (χ3n) is 5.01. The van der Waals surface area contributed by atoms with Crippen LogP contribution in [0.5, 0.6) is 23.0 Å². The molecule has 8 nitrogen and oxygen atoms in total. The van der Waals surface area contributed by atoms with E-state index in [2.05, 4.69) is 10.3 Å². The maximum Gasteiger partial charge on any atom is 0.336 e. The lowest BCUT2D eigenvalue weighted by atomic mass is 10.2. The molecular weight excluding hydrogens is 422 g/mol. The minimum Gasteiger partial charge on any atom is -0.504 e. The molecule has 0 spiro atoms. The number of aromatic nitrogens is 3. The van der Waals surface area contributed by atoms with Gasteiger partial charge in [-0.05, 0) is 48.0 Å². The van der Waals surface area contributed by atoms with E-state index in [0.717, 1.165) is 16.6 Å². The molecule has 0 aliphatic heterocycles. The van der Waals surface area contributed by atoms with Crippen LogP contribution in [0.25, 0.3) is 11.0 Å². The summed E-state index contributed by atoms with van der Waals surface area (Å²) in [4.78, 5) is 11.4. The highest BCUT2D eigenvalue weighted by Crippen LogP contribution is 2.31. The molecule has 33 heavy (non-hydrogen) atoms. The van der Waals surface area contributed by atoms with Crippen LogP contribution in [-0.2, 0) is 13.2 Å². The number of rotatable bonds is 7. The van der Waals surface area contributed by atoms with E-state index in [1.807, 2.05) is 42.5 Å². The fraction of sp³-hybridized carbons (Fsp3) is 0.0800. The Bertz CT molecular complexity index is 1460. The van der Waals surface area contributed by atoms with Crippen molar-refractivity contribution in [1.29, 1.82) is 0 Å². The molecule has 0 radical (unpaired) electrons. The molecule has 1 N–H and O–H groups in total. The maximum atomic E-state index is 11.4. The Morgan fingerprint density at radius 1 is 0.939 bits per heavy atom. The standard InChI is InChI=1S/C25H19N3O5/c29-22-12-17(6-10-23(22)32-20-4-2-1-3-5-20)15-28-19(14-26-27-28)16-31-21-9-7-18-8-11-25(30)33-24(18)13-21/h1-14,29H,15-16H2. The molecule has 0 bridgehead atoms. The lowest BCUT2D eigenvalue weighted by molar-refractivity contribution is 0.293. The van der Waals surface area contributed by atoms with Crippen molar-refractivity contribution in [3.8, 4) is 23.0 Å². The summed E-state index contributed by atoms with van der Waals surface area (Å²) >= 11 is 0. The van der Waals surface area contributed by atoms with E-state index in [9.17, 15) is 9.90 Å². The van der Waals surface area contributed by atoms with Crippen molar-refractivity contribution in [3.05, 3.63) is 107 Å². The van der Waals surface area contributed by atoms with Gasteiger partial charge in [-0.3, -0.25) is 0 Å². The number of para-hydroxylation sites is 1. The molecule has 0 aliphatic carbocycles. The van der Waals surface area contributed by atoms with Crippen LogP contribution in [-0.4, -0.2) is 20.1 Å². The fourth-order valence-electron chi connectivity index (χ4n) is 3.35. The van der Waals surface area contributed by atoms with E-state index in [4.69, 9.17) is 13.9 Å². The molecule has 3 aromatic carbocycles. The number of benzene rings is 3. The van der Waals surface area contributed by atoms with Gasteiger partial charge in [-0.2, -0.15) is 0 Å². The van der Waals surface area contributed by atoms with Crippen molar-refractivity contribution in [1.82, 2.24) is 15.0 Å². The van der Waals surface area contributed by atoms with Gasteiger partial charge in [0.05, 0.1) is 18.4 Å². The summed E-state index contributed by atoms with van der Waals surface area (Å²) in [5.41, 5.74) is 1.62. The molecule has 0 aliphatic rings. The van der Waals surface area contributed by atoms with Crippen molar-refractivity contribution in [3.63, 3.8) is 0 Å². The zero-order valence-electron chi connectivity index (χ0n) is 17.4. The molecule has 5 rings (SSSR count). The zero-order valence-corrected chi connectivity index (χ0v) is 17.4. The third kappa shape index (κ3) is 4.69. The Morgan fingerprint density at radius 2 is 1.79 bits per heavy atom. The van der Waals surface area contributed by atoms with E-state index < -0.39 is 5.63 Å². The highest BCUT2D eigenvalue weighted by atomic mass is 16.5. The van der Waals surface area contributed by atoms with E-state index in [1.54, 1.807) is 41.2 Å². The Hall–Kier alpha value is -4.59. The summed E-state index contributed by atoms with van der Waals surface area (Å²) in [5.74, 6) is 1.61. The van der Waals surface area contributed by atoms with Gasteiger partial charge < -0.3 is 19.0 Å². The SMILES string of the molecule is O=c1ccc2ccc(OCc3cnnn3Cc3ccc(Oc4ccccc4)c(O)c3)cc2o1. The van der Waals surface area contributed by atoms with E-state index in [-0.39, 0.29) is 12.4 Å². The highest BCUT2D eigenvalue weighted by molar-refractivity contribution is 5.77. The fourth-order valence-corrected chi connectivity index (χ4v) is 3.35. The molecule has 8 heteroatoms. The molecular formula is C25H19N3O5. The van der Waals surface area contributed by atoms with Crippen molar-refractivity contribution < 1.29 is 19.0 Å². The number of nitrogens with zero attached hydrogens (tertiary/aromatic N) is 3. The predicted molar refractivity (Wildman–Crippen MR) is 121 cm³/mol. The second-order valence-corrected chi connectivity index (χ2v) is 7.34. The van der Waals surface area contributed by atoms with Crippen molar-refractivity contribution in [2.75, 3.05) is 0 Å². The predicted octanol–water partition coefficient (Wildman–Crippen LogP) is 4.51. The van der Waals surface area contributed by atoms with Gasteiger partial charge in [-0.15, -0.1) is 5.10 Å². The van der Waals surface area contributed by atoms with Gasteiger partial charge >= 0.3 is 5.63 Å². The molecule has 5 aromatic rings. The van der Waals surface area contributed by atoms with E-state index in [1.165, 1.54) is 6.07 Å². The molecule has 0 amide bonds. The third-order valence-corrected chi connectivity index (χ3v) is 5.01. The zero-order chi connectivity index (χ0) is 22.6. The smallest absolute Gasteiger partial charge is 0.336 e. The average Bonchev–Trinajstić information content (AvgIpc) is 3.26. The first kappa shape index (κ1) is 20.3. The molecule has 164 valence electrons. The summed E-state index contributed by atoms with van der Waals surface area (Å²) in [7, 11) is 0. The largest absolute Gasteiger partial charge is 0.504 e. The monoisotopic (exact) mass is 441 g/mol. The van der Waals surface area contributed by atoms with Gasteiger partial charge in [0.1, 0.15) is 23.7 Å². The van der Waals surface area contributed by atoms with Crippen molar-refractivity contribution >= 4 is 11.0 Å². The summed E-state index contributed by atoms with van der Waals surface area (Å²) in [5, 5.41) is 19.3. The Kier molecular flexibility index (Phi) is 5.47. The second-order valence-electron chi connectivity index (χ2n) is 7.34. The number of phenolic OH excluding ortho intramolecular Hbond substituents is 1. The normalized spacial score (nSPS) is 10.9. The lowest BCUT2D eigenvalue weighted by Gasteiger charge is -2.11. The van der Waals surface area contributed by atoms with Crippen LogP contribution in [0.1, 0.15) is 11.3 Å². The molecule has 0 saturated carbocycles. The van der Waals surface area contributed by atoms with Gasteiger partial charge in [0, 0.05) is 17.5 Å². The number of hydrogen-bond donors (Lipinski definition) is 1. The summed E-state index contributed by atoms with van der Waals surface area (Å²) in [6, 6.07) is 22.9. The van der Waals surface area contributed by atoms with Gasteiger partial charge in [0.25, 0.3) is 0 Å². The van der Waals surface area contributed by atoms with Gasteiger partial charge in [0.15, 0.2) is 11.5 Å². The Labute approximate surface area is 188 Å². The van der Waals surface area contributed by atoms with Crippen LogP contribution in [0.4, 0.5) is 0 Å². The molecule has 0 saturated heterocycles. The minimum atomic E-state index is -0.412. The topological polar surface area (TPSA) is 99.6 Å². The van der Waals surface area contributed by atoms with E-state index in [0.29, 0.717) is 29.4 Å². The number of ether oxygens (including phenoxy) is 2. The van der Waals surface area contributed by atoms with Crippen LogP contribution < -0.4 is 15.1 Å². The quantitative estimate of drug-likeness (QED) is 0.371. The van der Waals surface area contributed by atoms with Crippen LogP contribution in [0.15, 0.2) is 94.3 Å². The second kappa shape index (κ2) is 8.88. The summed E-state index contributed by atoms with van der Waals surface area (Å²) < 4.78 is 18.5. The van der Waals surface area contributed by atoms with E-state index >= 15 is 0 Å². The molecule has 2 aromatic heterocycles. The molecule has 0 atom stereocenters. The first-order valence-electron chi connectivity index (χ1n) is 10.2. The number of aromatic hydroxyl groups is 1. The van der Waals surface area contributed by atoms with Crippen molar-refractivity contribution in [2.45, 2.75) is 13.2 Å². The number of hydrogen-bond acceptors (Lipinski definition) is 7. The maximum absolute atomic E-state index is 11.4. The minimum absolute atomic E-state index is 0.0342. The molecule has 0 fully saturated rings. The van der Waals surface area contributed by atoms with Crippen LogP contribution in [0.2, 0.25) is 0 Å². The van der Waals surface area contributed by atoms with Gasteiger partial charge in [-0.25, -0.2) is 9.48 Å². The molecule has 0 unspecified atom stereocenters. The van der Waals surface area contributed by atoms with Crippen LogP contribution in [0.3, 0.4) is 0 Å². The first-order valence-corrected chi connectivity index (χ1v) is 10.2. The number of phenols is 1. The average molecular weight is 441 g/mol. The van der Waals surface area contributed by atoms with Gasteiger partial charge in [0.2, 0.25) is 0 Å². The molecule has 2 heterocycles. The first-order chi connectivity index (χ1) is 16.1. The van der Waals surface area contributed by atoms with Crippen LogP contribution in [0, 0.1) is 0 Å². The summed E-state index contributed by atoms with van der Waals surface area (Å²) in [6.45, 7) is 0.612. The highest BCUT2D eigenvalue weighted by Gasteiger charge is 2.10.